The van der Waals surface area contributed by atoms with Crippen LogP contribution in [-0.4, -0.2) is 9.38 Å². The lowest BCUT2D eigenvalue weighted by atomic mass is 9.91. The zero-order chi connectivity index (χ0) is 27.8. The number of hydrogen-bond donors (Lipinski definition) is 0. The molecule has 0 aliphatic rings. The highest BCUT2D eigenvalue weighted by molar-refractivity contribution is 7.23. The normalized spacial score (nSPS) is 11.9. The molecule has 0 aliphatic heterocycles. The first-order valence-electron chi connectivity index (χ1n) is 14.0. The maximum atomic E-state index is 13.5. The molecule has 0 unspecified atom stereocenters. The Balaban J connectivity index is 1.22. The zero-order valence-corrected chi connectivity index (χ0v) is 23.2. The van der Waals surface area contributed by atoms with E-state index in [1.807, 2.05) is 30.3 Å². The second kappa shape index (κ2) is 8.84. The molecule has 0 fully saturated rings. The molecule has 0 spiro atoms. The van der Waals surface area contributed by atoms with Crippen LogP contribution in [0.5, 0.6) is 0 Å². The molecule has 7 aromatic carbocycles. The number of rotatable bonds is 2. The topological polar surface area (TPSA) is 34.4 Å². The van der Waals surface area contributed by atoms with Gasteiger partial charge in [0.05, 0.1) is 16.4 Å². The molecule has 0 N–H and O–H groups in total. The molecule has 3 nitrogen and oxygen atoms in total. The van der Waals surface area contributed by atoms with Crippen LogP contribution in [0.15, 0.2) is 138 Å². The lowest BCUT2D eigenvalue weighted by Crippen LogP contribution is -2.11. The summed E-state index contributed by atoms with van der Waals surface area (Å²) >= 11 is 1.55. The molecule has 0 radical (unpaired) electrons. The number of hydrogen-bond acceptors (Lipinski definition) is 3. The highest BCUT2D eigenvalue weighted by Crippen LogP contribution is 2.38. The Bertz CT molecular complexity index is 2580. The number of aromatic nitrogens is 2. The lowest BCUT2D eigenvalue weighted by molar-refractivity contribution is 1.20. The monoisotopic (exact) mass is 554 g/mol. The molecule has 9 aromatic rings. The fourth-order valence-electron chi connectivity index (χ4n) is 6.41. The Morgan fingerprint density at radius 1 is 0.476 bits per heavy atom. The third kappa shape index (κ3) is 3.39. The second-order valence-corrected chi connectivity index (χ2v) is 11.8. The zero-order valence-electron chi connectivity index (χ0n) is 22.4. The number of benzene rings is 7. The smallest absolute Gasteiger partial charge is 0.266 e. The van der Waals surface area contributed by atoms with Crippen molar-refractivity contribution in [1.29, 1.82) is 0 Å². The largest absolute Gasteiger partial charge is 0.268 e. The summed E-state index contributed by atoms with van der Waals surface area (Å²) in [6, 6.07) is 46.8. The standard InChI is InChI=1S/C38H22N2OS/c41-37-32-14-5-6-15-36(32)42-38-39-34-19-17-26(22-35(34)40(37)38)24-9-7-8-23(20-24)25-16-18-31-29-12-2-1-10-27(29)28-11-3-4-13-30(28)33(31)21-25/h1-22H. The van der Waals surface area contributed by atoms with E-state index < -0.39 is 0 Å². The molecular formula is C38H22N2OS. The summed E-state index contributed by atoms with van der Waals surface area (Å²) in [4.78, 5) is 19.0. The summed E-state index contributed by atoms with van der Waals surface area (Å²) in [6.45, 7) is 0. The molecule has 2 aromatic heterocycles. The van der Waals surface area contributed by atoms with Crippen LogP contribution < -0.4 is 5.56 Å². The molecule has 4 heteroatoms. The molecule has 0 aliphatic carbocycles. The summed E-state index contributed by atoms with van der Waals surface area (Å²) in [5, 5.41) is 8.36. The molecular weight excluding hydrogens is 532 g/mol. The van der Waals surface area contributed by atoms with Crippen molar-refractivity contribution in [3.63, 3.8) is 0 Å². The summed E-state index contributed by atoms with van der Waals surface area (Å²) < 4.78 is 2.71. The predicted molar refractivity (Wildman–Crippen MR) is 178 cm³/mol. The van der Waals surface area contributed by atoms with Crippen molar-refractivity contribution in [3.8, 4) is 22.3 Å². The van der Waals surface area contributed by atoms with E-state index in [-0.39, 0.29) is 5.56 Å². The molecule has 9 rings (SSSR count). The average molecular weight is 555 g/mol. The molecule has 42 heavy (non-hydrogen) atoms. The van der Waals surface area contributed by atoms with Crippen molar-refractivity contribution in [2.45, 2.75) is 0 Å². The van der Waals surface area contributed by atoms with Crippen molar-refractivity contribution in [3.05, 3.63) is 144 Å². The van der Waals surface area contributed by atoms with E-state index >= 15 is 0 Å². The Morgan fingerprint density at radius 3 is 1.74 bits per heavy atom. The van der Waals surface area contributed by atoms with Gasteiger partial charge in [0, 0.05) is 4.70 Å². The van der Waals surface area contributed by atoms with Crippen LogP contribution in [-0.2, 0) is 0 Å². The number of imidazole rings is 1. The van der Waals surface area contributed by atoms with Gasteiger partial charge in [-0.1, -0.05) is 108 Å². The summed E-state index contributed by atoms with van der Waals surface area (Å²) in [5.41, 5.74) is 6.13. The Kier molecular flexibility index (Phi) is 4.92. The van der Waals surface area contributed by atoms with Crippen LogP contribution in [0.3, 0.4) is 0 Å². The van der Waals surface area contributed by atoms with Gasteiger partial charge >= 0.3 is 0 Å². The van der Waals surface area contributed by atoms with Gasteiger partial charge in [0.1, 0.15) is 0 Å². The average Bonchev–Trinajstić information content (AvgIpc) is 3.42. The SMILES string of the molecule is O=c1c2ccccc2sc2nc3ccc(-c4cccc(-c5ccc6c7ccccc7c7ccccc7c6c5)c4)cc3n12. The third-order valence-corrected chi connectivity index (χ3v) is 9.45. The first-order valence-corrected chi connectivity index (χ1v) is 14.8. The Labute approximate surface area is 244 Å². The minimum absolute atomic E-state index is 0.0244. The van der Waals surface area contributed by atoms with Crippen LogP contribution in [0.4, 0.5) is 0 Å². The second-order valence-electron chi connectivity index (χ2n) is 10.8. The Hall–Kier alpha value is -5.32. The van der Waals surface area contributed by atoms with E-state index in [4.69, 9.17) is 4.98 Å². The van der Waals surface area contributed by atoms with Crippen LogP contribution in [0.2, 0.25) is 0 Å². The first-order chi connectivity index (χ1) is 20.7. The van der Waals surface area contributed by atoms with Gasteiger partial charge in [-0.3, -0.25) is 4.79 Å². The summed E-state index contributed by atoms with van der Waals surface area (Å²) in [5.74, 6) is 0. The van der Waals surface area contributed by atoms with Crippen LogP contribution in [0, 0.1) is 0 Å². The van der Waals surface area contributed by atoms with Gasteiger partial charge in [0.25, 0.3) is 5.56 Å². The molecule has 196 valence electrons. The van der Waals surface area contributed by atoms with Crippen molar-refractivity contribution in [2.24, 2.45) is 0 Å². The van der Waals surface area contributed by atoms with Gasteiger partial charge in [-0.25, -0.2) is 9.38 Å². The van der Waals surface area contributed by atoms with E-state index in [9.17, 15) is 4.79 Å². The van der Waals surface area contributed by atoms with Crippen molar-refractivity contribution >= 4 is 69.7 Å². The lowest BCUT2D eigenvalue weighted by Gasteiger charge is -2.12. The number of nitrogens with zero attached hydrogens (tertiary/aromatic N) is 2. The summed E-state index contributed by atoms with van der Waals surface area (Å²) in [7, 11) is 0. The van der Waals surface area contributed by atoms with Gasteiger partial charge in [0.2, 0.25) is 0 Å². The molecule has 0 amide bonds. The molecule has 0 saturated carbocycles. The molecule has 0 atom stereocenters. The minimum atomic E-state index is -0.0244. The van der Waals surface area contributed by atoms with Gasteiger partial charge in [-0.2, -0.15) is 0 Å². The minimum Gasteiger partial charge on any atom is -0.268 e. The van der Waals surface area contributed by atoms with Gasteiger partial charge in [0.15, 0.2) is 4.96 Å². The van der Waals surface area contributed by atoms with Gasteiger partial charge < -0.3 is 0 Å². The fraction of sp³-hybridized carbons (Fsp3) is 0. The van der Waals surface area contributed by atoms with Crippen LogP contribution >= 0.6 is 11.3 Å². The van der Waals surface area contributed by atoms with E-state index in [2.05, 4.69) is 103 Å². The third-order valence-electron chi connectivity index (χ3n) is 8.42. The maximum absolute atomic E-state index is 13.5. The van der Waals surface area contributed by atoms with Crippen molar-refractivity contribution in [1.82, 2.24) is 9.38 Å². The van der Waals surface area contributed by atoms with Crippen molar-refractivity contribution < 1.29 is 0 Å². The van der Waals surface area contributed by atoms with Crippen LogP contribution in [0.25, 0.3) is 80.7 Å². The first kappa shape index (κ1) is 23.4. The molecule has 0 bridgehead atoms. The quantitative estimate of drug-likeness (QED) is 0.199. The highest BCUT2D eigenvalue weighted by Gasteiger charge is 2.14. The predicted octanol–water partition coefficient (Wildman–Crippen LogP) is 9.86. The highest BCUT2D eigenvalue weighted by atomic mass is 32.1. The van der Waals surface area contributed by atoms with Gasteiger partial charge in [-0.05, 0) is 91.0 Å². The van der Waals surface area contributed by atoms with Crippen LogP contribution in [0.1, 0.15) is 0 Å². The maximum Gasteiger partial charge on any atom is 0.266 e. The van der Waals surface area contributed by atoms with E-state index in [0.29, 0.717) is 0 Å². The summed E-state index contributed by atoms with van der Waals surface area (Å²) in [6.07, 6.45) is 0. The number of fused-ring (bicyclic) bond motifs is 10. The van der Waals surface area contributed by atoms with E-state index in [0.717, 1.165) is 42.8 Å². The van der Waals surface area contributed by atoms with Crippen molar-refractivity contribution in [2.75, 3.05) is 0 Å². The van der Waals surface area contributed by atoms with E-state index in [1.54, 1.807) is 15.7 Å². The molecule has 0 saturated heterocycles. The molecule has 2 heterocycles. The Morgan fingerprint density at radius 2 is 1.02 bits per heavy atom. The van der Waals surface area contributed by atoms with Gasteiger partial charge in [-0.15, -0.1) is 0 Å². The fourth-order valence-corrected chi connectivity index (χ4v) is 7.44. The van der Waals surface area contributed by atoms with E-state index in [1.165, 1.54) is 37.9 Å².